The highest BCUT2D eigenvalue weighted by Crippen LogP contribution is 2.30. The number of H-pyrrole nitrogens is 1. The molecule has 1 aliphatic heterocycles. The molecule has 6 rings (SSSR count). The lowest BCUT2D eigenvalue weighted by atomic mass is 10.0. The highest BCUT2D eigenvalue weighted by molar-refractivity contribution is 5.91. The molecule has 0 bridgehead atoms. The van der Waals surface area contributed by atoms with E-state index in [0.717, 1.165) is 64.2 Å². The molecule has 39 heavy (non-hydrogen) atoms. The van der Waals surface area contributed by atoms with E-state index in [1.165, 1.54) is 31.5 Å². The summed E-state index contributed by atoms with van der Waals surface area (Å²) >= 11 is 0. The molecule has 0 saturated carbocycles. The van der Waals surface area contributed by atoms with Crippen molar-refractivity contribution in [3.63, 3.8) is 0 Å². The van der Waals surface area contributed by atoms with Gasteiger partial charge in [-0.2, -0.15) is 5.10 Å². The molecule has 2 N–H and O–H groups in total. The lowest BCUT2D eigenvalue weighted by molar-refractivity contribution is 0.334. The molecule has 0 amide bonds. The first-order chi connectivity index (χ1) is 19.2. The predicted molar refractivity (Wildman–Crippen MR) is 158 cm³/mol. The summed E-state index contributed by atoms with van der Waals surface area (Å²) in [6, 6.07) is 18.3. The van der Waals surface area contributed by atoms with Crippen LogP contribution in [0.2, 0.25) is 0 Å². The number of aromatic nitrogens is 5. The van der Waals surface area contributed by atoms with Crippen LogP contribution in [0.25, 0.3) is 39.2 Å². The summed E-state index contributed by atoms with van der Waals surface area (Å²) in [6.45, 7) is 10.0. The quantitative estimate of drug-likeness (QED) is 0.233. The molecule has 0 radical (unpaired) electrons. The Bertz CT molecular complexity index is 1600. The largest absolute Gasteiger partial charge is 0.354 e. The van der Waals surface area contributed by atoms with Crippen molar-refractivity contribution in [2.75, 3.05) is 25.0 Å². The molecule has 5 aromatic rings. The second kappa shape index (κ2) is 11.2. The number of anilines is 1. The maximum absolute atomic E-state index is 4.99. The summed E-state index contributed by atoms with van der Waals surface area (Å²) in [5.74, 6) is 0. The van der Waals surface area contributed by atoms with E-state index in [9.17, 15) is 0 Å². The van der Waals surface area contributed by atoms with Gasteiger partial charge in [-0.05, 0) is 99.8 Å². The van der Waals surface area contributed by atoms with Crippen LogP contribution in [-0.2, 0) is 6.42 Å². The van der Waals surface area contributed by atoms with Gasteiger partial charge in [-0.15, -0.1) is 0 Å². The van der Waals surface area contributed by atoms with Crippen molar-refractivity contribution in [2.24, 2.45) is 0 Å². The Balaban J connectivity index is 1.22. The van der Waals surface area contributed by atoms with Crippen LogP contribution < -0.4 is 5.32 Å². The monoisotopic (exact) mass is 515 g/mol. The molecule has 5 heterocycles. The molecule has 0 atom stereocenters. The van der Waals surface area contributed by atoms with E-state index in [1.54, 1.807) is 0 Å². The molecule has 4 aromatic heterocycles. The number of benzene rings is 1. The van der Waals surface area contributed by atoms with Gasteiger partial charge in [0.15, 0.2) is 0 Å². The molecular formula is C32H33N7. The second-order valence-electron chi connectivity index (χ2n) is 10.2. The first-order valence-electron chi connectivity index (χ1n) is 13.6. The van der Waals surface area contributed by atoms with Gasteiger partial charge in [0.25, 0.3) is 0 Å². The zero-order valence-corrected chi connectivity index (χ0v) is 22.3. The van der Waals surface area contributed by atoms with Gasteiger partial charge in [-0.1, -0.05) is 24.8 Å². The lowest BCUT2D eigenvalue weighted by Crippen LogP contribution is -2.20. The molecule has 1 fully saturated rings. The minimum atomic E-state index is 0.681. The van der Waals surface area contributed by atoms with Crippen LogP contribution in [0.4, 0.5) is 5.69 Å². The summed E-state index contributed by atoms with van der Waals surface area (Å²) in [6.07, 6.45) is 10.5. The predicted octanol–water partition coefficient (Wildman–Crippen LogP) is 6.50. The van der Waals surface area contributed by atoms with Crippen LogP contribution in [-0.4, -0.2) is 49.7 Å². The average Bonchev–Trinajstić information content (AvgIpc) is 3.65. The number of likely N-dealkylation sites (tertiary alicyclic amines) is 1. The van der Waals surface area contributed by atoms with Gasteiger partial charge in [0.05, 0.1) is 22.6 Å². The summed E-state index contributed by atoms with van der Waals surface area (Å²) in [7, 11) is 0. The smallest absolute Gasteiger partial charge is 0.134 e. The molecule has 196 valence electrons. The SMILES string of the molecule is C=C(Nc1cccc(-c2ccccn2)c1C)c1n[nH]c2ccc(-c3cncc(CCCN4CCCC4)c3)nc12. The van der Waals surface area contributed by atoms with Crippen molar-refractivity contribution in [1.82, 2.24) is 30.0 Å². The third kappa shape index (κ3) is 5.45. The van der Waals surface area contributed by atoms with E-state index in [0.29, 0.717) is 11.4 Å². The molecule has 1 saturated heterocycles. The van der Waals surface area contributed by atoms with Gasteiger partial charge in [-0.3, -0.25) is 15.1 Å². The Hall–Kier alpha value is -4.36. The average molecular weight is 516 g/mol. The van der Waals surface area contributed by atoms with Gasteiger partial charge < -0.3 is 10.2 Å². The van der Waals surface area contributed by atoms with Gasteiger partial charge in [-0.25, -0.2) is 4.98 Å². The van der Waals surface area contributed by atoms with E-state index < -0.39 is 0 Å². The Morgan fingerprint density at radius 1 is 1.03 bits per heavy atom. The van der Waals surface area contributed by atoms with Gasteiger partial charge in [0, 0.05) is 35.4 Å². The highest BCUT2D eigenvalue weighted by atomic mass is 15.1. The number of hydrogen-bond donors (Lipinski definition) is 2. The second-order valence-corrected chi connectivity index (χ2v) is 10.2. The zero-order chi connectivity index (χ0) is 26.6. The number of aryl methyl sites for hydroxylation is 1. The number of aromatic amines is 1. The third-order valence-electron chi connectivity index (χ3n) is 7.48. The lowest BCUT2D eigenvalue weighted by Gasteiger charge is -2.14. The van der Waals surface area contributed by atoms with Gasteiger partial charge in [0.2, 0.25) is 0 Å². The van der Waals surface area contributed by atoms with Crippen LogP contribution in [0.15, 0.2) is 79.8 Å². The van der Waals surface area contributed by atoms with Crippen molar-refractivity contribution in [1.29, 1.82) is 0 Å². The maximum Gasteiger partial charge on any atom is 0.134 e. The standard InChI is InChI=1S/C32H33N7/c1-22-26(29-11-3-4-15-34-29)10-7-12-27(22)35-23(2)31-32-30(37-38-31)14-13-28(36-32)25-19-24(20-33-21-25)9-8-18-39-16-5-6-17-39/h3-4,7,10-15,19-21,35H,2,5-6,8-9,16-18H2,1H3,(H,37,38). The molecular weight excluding hydrogens is 482 g/mol. The van der Waals surface area contributed by atoms with E-state index in [2.05, 4.69) is 56.0 Å². The molecule has 1 aromatic carbocycles. The van der Waals surface area contributed by atoms with Crippen LogP contribution in [0.5, 0.6) is 0 Å². The molecule has 7 heteroatoms. The van der Waals surface area contributed by atoms with E-state index in [1.807, 2.05) is 61.1 Å². The van der Waals surface area contributed by atoms with Crippen molar-refractivity contribution in [3.8, 4) is 22.5 Å². The van der Waals surface area contributed by atoms with E-state index in [4.69, 9.17) is 4.98 Å². The number of nitrogens with one attached hydrogen (secondary N) is 2. The first kappa shape index (κ1) is 24.9. The fourth-order valence-electron chi connectivity index (χ4n) is 5.34. The Morgan fingerprint density at radius 2 is 1.92 bits per heavy atom. The normalized spacial score (nSPS) is 13.7. The maximum atomic E-state index is 4.99. The molecule has 7 nitrogen and oxygen atoms in total. The van der Waals surface area contributed by atoms with Crippen molar-refractivity contribution >= 4 is 22.4 Å². The van der Waals surface area contributed by atoms with Crippen molar-refractivity contribution in [3.05, 3.63) is 96.6 Å². The topological polar surface area (TPSA) is 82.6 Å². The number of pyridine rings is 3. The Kier molecular flexibility index (Phi) is 7.15. The van der Waals surface area contributed by atoms with E-state index >= 15 is 0 Å². The summed E-state index contributed by atoms with van der Waals surface area (Å²) in [5, 5.41) is 11.1. The number of hydrogen-bond acceptors (Lipinski definition) is 6. The zero-order valence-electron chi connectivity index (χ0n) is 22.3. The summed E-state index contributed by atoms with van der Waals surface area (Å²) in [4.78, 5) is 16.6. The fourth-order valence-corrected chi connectivity index (χ4v) is 5.34. The van der Waals surface area contributed by atoms with E-state index in [-0.39, 0.29) is 0 Å². The van der Waals surface area contributed by atoms with Crippen LogP contribution in [0.3, 0.4) is 0 Å². The summed E-state index contributed by atoms with van der Waals surface area (Å²) in [5.41, 5.74) is 10.2. The van der Waals surface area contributed by atoms with Crippen molar-refractivity contribution < 1.29 is 0 Å². The Morgan fingerprint density at radius 3 is 2.77 bits per heavy atom. The minimum absolute atomic E-state index is 0.681. The fraction of sp³-hybridized carbons (Fsp3) is 0.250. The molecule has 0 aliphatic carbocycles. The van der Waals surface area contributed by atoms with Crippen molar-refractivity contribution in [2.45, 2.75) is 32.6 Å². The molecule has 0 spiro atoms. The Labute approximate surface area is 229 Å². The van der Waals surface area contributed by atoms with Crippen LogP contribution in [0.1, 0.15) is 36.1 Å². The molecule has 0 unspecified atom stereocenters. The number of fused-ring (bicyclic) bond motifs is 1. The first-order valence-corrected chi connectivity index (χ1v) is 13.6. The van der Waals surface area contributed by atoms with Gasteiger partial charge >= 0.3 is 0 Å². The van der Waals surface area contributed by atoms with Crippen LogP contribution >= 0.6 is 0 Å². The minimum Gasteiger partial charge on any atom is -0.354 e. The highest BCUT2D eigenvalue weighted by Gasteiger charge is 2.15. The van der Waals surface area contributed by atoms with Gasteiger partial charge in [0.1, 0.15) is 11.2 Å². The molecule has 1 aliphatic rings. The summed E-state index contributed by atoms with van der Waals surface area (Å²) < 4.78 is 0. The van der Waals surface area contributed by atoms with Crippen LogP contribution in [0, 0.1) is 6.92 Å². The number of rotatable bonds is 9. The third-order valence-corrected chi connectivity index (χ3v) is 7.48. The number of nitrogens with zero attached hydrogens (tertiary/aromatic N) is 5.